The highest BCUT2D eigenvalue weighted by Crippen LogP contribution is 2.49. The number of carbonyl (C=O) groups is 1. The summed E-state index contributed by atoms with van der Waals surface area (Å²) in [5.74, 6) is 0.244. The van der Waals surface area contributed by atoms with Crippen molar-refractivity contribution in [1.82, 2.24) is 15.8 Å². The van der Waals surface area contributed by atoms with E-state index in [4.69, 9.17) is 0 Å². The Morgan fingerprint density at radius 1 is 1.18 bits per heavy atom. The molecule has 0 saturated carbocycles. The summed E-state index contributed by atoms with van der Waals surface area (Å²) in [7, 11) is 0. The van der Waals surface area contributed by atoms with Crippen molar-refractivity contribution in [2.45, 2.75) is 32.0 Å². The van der Waals surface area contributed by atoms with Crippen molar-refractivity contribution < 1.29 is 9.90 Å². The van der Waals surface area contributed by atoms with E-state index in [9.17, 15) is 9.90 Å². The number of aromatic hydroxyl groups is 1. The molecule has 1 amide bonds. The molecular formula is C22H24BrN3O2. The van der Waals surface area contributed by atoms with Gasteiger partial charge in [-0.15, -0.1) is 6.58 Å². The molecule has 6 heteroatoms. The summed E-state index contributed by atoms with van der Waals surface area (Å²) in [4.78, 5) is 15.0. The molecule has 2 fully saturated rings. The number of nitrogens with zero attached hydrogens (tertiary/aromatic N) is 1. The molecule has 0 aliphatic carbocycles. The number of hydrogen-bond donors (Lipinski definition) is 3. The van der Waals surface area contributed by atoms with E-state index in [1.165, 1.54) is 0 Å². The molecule has 2 aliphatic rings. The van der Waals surface area contributed by atoms with Crippen LogP contribution >= 0.6 is 15.9 Å². The molecule has 2 heterocycles. The van der Waals surface area contributed by atoms with Crippen LogP contribution in [0.5, 0.6) is 5.75 Å². The highest BCUT2D eigenvalue weighted by molar-refractivity contribution is 9.10. The Morgan fingerprint density at radius 2 is 1.89 bits per heavy atom. The van der Waals surface area contributed by atoms with Gasteiger partial charge in [0.1, 0.15) is 11.8 Å². The lowest BCUT2D eigenvalue weighted by molar-refractivity contribution is -0.130. The summed E-state index contributed by atoms with van der Waals surface area (Å²) in [6.45, 7) is 8.33. The molecule has 146 valence electrons. The number of carbonyl (C=O) groups excluding carboxylic acids is 1. The third-order valence-electron chi connectivity index (χ3n) is 5.91. The van der Waals surface area contributed by atoms with E-state index in [1.54, 1.807) is 12.1 Å². The average molecular weight is 442 g/mol. The number of fused-ring (bicyclic) bond motifs is 1. The number of phenolic OH excluding ortho intramolecular Hbond substituents is 1. The summed E-state index contributed by atoms with van der Waals surface area (Å²) >= 11 is 3.55. The lowest BCUT2D eigenvalue weighted by atomic mass is 9.82. The molecule has 2 aromatic rings. The first-order valence-electron chi connectivity index (χ1n) is 9.40. The SMILES string of the molecule is C=CCN1C(=O)C2NNC(c3cc(C)c(C)cc3O)C2C1c1cccc(Br)c1. The predicted octanol–water partition coefficient (Wildman–Crippen LogP) is 3.67. The van der Waals surface area contributed by atoms with E-state index < -0.39 is 0 Å². The van der Waals surface area contributed by atoms with Crippen LogP contribution in [-0.2, 0) is 4.79 Å². The van der Waals surface area contributed by atoms with Crippen LogP contribution in [0.1, 0.15) is 34.3 Å². The van der Waals surface area contributed by atoms with Crippen molar-refractivity contribution in [3.8, 4) is 5.75 Å². The molecule has 28 heavy (non-hydrogen) atoms. The Morgan fingerprint density at radius 3 is 2.61 bits per heavy atom. The van der Waals surface area contributed by atoms with Crippen LogP contribution in [0.15, 0.2) is 53.5 Å². The van der Waals surface area contributed by atoms with E-state index in [-0.39, 0.29) is 35.7 Å². The molecule has 2 aliphatic heterocycles. The first-order valence-corrected chi connectivity index (χ1v) is 10.2. The maximum atomic E-state index is 13.1. The Bertz CT molecular complexity index is 945. The van der Waals surface area contributed by atoms with Gasteiger partial charge in [0.15, 0.2) is 0 Å². The number of halogens is 1. The van der Waals surface area contributed by atoms with E-state index in [0.717, 1.165) is 26.7 Å². The molecule has 5 nitrogen and oxygen atoms in total. The summed E-state index contributed by atoms with van der Waals surface area (Å²) in [6.07, 6.45) is 1.76. The van der Waals surface area contributed by atoms with Crippen LogP contribution in [0.2, 0.25) is 0 Å². The average Bonchev–Trinajstić information content (AvgIpc) is 3.18. The minimum atomic E-state index is -0.352. The van der Waals surface area contributed by atoms with Crippen molar-refractivity contribution in [3.63, 3.8) is 0 Å². The van der Waals surface area contributed by atoms with Crippen LogP contribution in [0.25, 0.3) is 0 Å². The van der Waals surface area contributed by atoms with Gasteiger partial charge in [0, 0.05) is 22.5 Å². The van der Waals surface area contributed by atoms with Crippen molar-refractivity contribution in [1.29, 1.82) is 0 Å². The van der Waals surface area contributed by atoms with Gasteiger partial charge < -0.3 is 10.0 Å². The largest absolute Gasteiger partial charge is 0.508 e. The number of hydrazine groups is 1. The van der Waals surface area contributed by atoms with Gasteiger partial charge in [-0.25, -0.2) is 10.9 Å². The lowest BCUT2D eigenvalue weighted by Crippen LogP contribution is -2.41. The highest BCUT2D eigenvalue weighted by atomic mass is 79.9. The molecule has 4 rings (SSSR count). The number of likely N-dealkylation sites (tertiary alicyclic amines) is 1. The second kappa shape index (κ2) is 7.35. The molecule has 4 unspecified atom stereocenters. The van der Waals surface area contributed by atoms with E-state index >= 15 is 0 Å². The zero-order valence-corrected chi connectivity index (χ0v) is 17.5. The first kappa shape index (κ1) is 19.2. The smallest absolute Gasteiger partial charge is 0.242 e. The van der Waals surface area contributed by atoms with E-state index in [0.29, 0.717) is 6.54 Å². The predicted molar refractivity (Wildman–Crippen MR) is 113 cm³/mol. The number of amides is 1. The van der Waals surface area contributed by atoms with Gasteiger partial charge in [-0.05, 0) is 48.7 Å². The molecule has 4 atom stereocenters. The fourth-order valence-electron chi connectivity index (χ4n) is 4.47. The molecule has 0 bridgehead atoms. The van der Waals surface area contributed by atoms with Gasteiger partial charge in [-0.3, -0.25) is 4.79 Å². The third-order valence-corrected chi connectivity index (χ3v) is 6.40. The molecule has 2 aromatic carbocycles. The van der Waals surface area contributed by atoms with Gasteiger partial charge in [-0.1, -0.05) is 40.2 Å². The number of benzene rings is 2. The quantitative estimate of drug-likeness (QED) is 0.633. The summed E-state index contributed by atoms with van der Waals surface area (Å²) in [5.41, 5.74) is 10.5. The number of hydrogen-bond acceptors (Lipinski definition) is 4. The normalized spacial score (nSPS) is 26.5. The summed E-state index contributed by atoms with van der Waals surface area (Å²) in [6, 6.07) is 11.2. The Labute approximate surface area is 173 Å². The van der Waals surface area contributed by atoms with Crippen LogP contribution in [0.3, 0.4) is 0 Å². The maximum Gasteiger partial charge on any atom is 0.242 e. The molecule has 3 N–H and O–H groups in total. The number of rotatable bonds is 4. The van der Waals surface area contributed by atoms with Gasteiger partial charge in [0.25, 0.3) is 0 Å². The first-order chi connectivity index (χ1) is 13.4. The van der Waals surface area contributed by atoms with Gasteiger partial charge in [0.2, 0.25) is 5.91 Å². The lowest BCUT2D eigenvalue weighted by Gasteiger charge is -2.31. The zero-order chi connectivity index (χ0) is 20.0. The fraction of sp³-hybridized carbons (Fsp3) is 0.318. The van der Waals surface area contributed by atoms with Crippen molar-refractivity contribution in [2.24, 2.45) is 5.92 Å². The number of phenols is 1. The molecular weight excluding hydrogens is 418 g/mol. The molecule has 0 spiro atoms. The standard InChI is InChI=1S/C22H24BrN3O2/c1-4-8-26-21(14-6-5-7-15(23)11-14)18-19(24-25-20(18)22(26)28)16-9-12(2)13(3)10-17(16)27/h4-7,9-11,18-21,24-25,27H,1,8H2,2-3H3. The maximum absolute atomic E-state index is 13.1. The van der Waals surface area contributed by atoms with Gasteiger partial charge in [-0.2, -0.15) is 0 Å². The zero-order valence-electron chi connectivity index (χ0n) is 15.9. The van der Waals surface area contributed by atoms with Gasteiger partial charge in [0.05, 0.1) is 12.1 Å². The fourth-order valence-corrected chi connectivity index (χ4v) is 4.89. The third kappa shape index (κ3) is 3.05. The minimum Gasteiger partial charge on any atom is -0.508 e. The second-order valence-corrected chi connectivity index (χ2v) is 8.51. The molecule has 0 aromatic heterocycles. The van der Waals surface area contributed by atoms with Crippen LogP contribution < -0.4 is 10.9 Å². The summed E-state index contributed by atoms with van der Waals surface area (Å²) < 4.78 is 0.976. The Hall–Kier alpha value is -2.15. The topological polar surface area (TPSA) is 64.6 Å². The molecule has 2 saturated heterocycles. The monoisotopic (exact) mass is 441 g/mol. The van der Waals surface area contributed by atoms with Crippen LogP contribution in [-0.4, -0.2) is 28.5 Å². The summed E-state index contributed by atoms with van der Waals surface area (Å²) in [5, 5.41) is 10.6. The number of aryl methyl sites for hydroxylation is 2. The van der Waals surface area contributed by atoms with Crippen molar-refractivity contribution in [2.75, 3.05) is 6.54 Å². The van der Waals surface area contributed by atoms with Crippen molar-refractivity contribution >= 4 is 21.8 Å². The Kier molecular flexibility index (Phi) is 5.04. The minimum absolute atomic E-state index is 0.0493. The van der Waals surface area contributed by atoms with Crippen molar-refractivity contribution in [3.05, 3.63) is 75.8 Å². The Balaban J connectivity index is 1.82. The van der Waals surface area contributed by atoms with Crippen LogP contribution in [0, 0.1) is 19.8 Å². The van der Waals surface area contributed by atoms with E-state index in [2.05, 4.69) is 45.5 Å². The van der Waals surface area contributed by atoms with Gasteiger partial charge >= 0.3 is 0 Å². The highest BCUT2D eigenvalue weighted by Gasteiger charge is 2.55. The number of nitrogens with one attached hydrogen (secondary N) is 2. The molecule has 0 radical (unpaired) electrons. The second-order valence-electron chi connectivity index (χ2n) is 7.60. The van der Waals surface area contributed by atoms with E-state index in [1.807, 2.05) is 36.9 Å². The van der Waals surface area contributed by atoms with Crippen LogP contribution in [0.4, 0.5) is 0 Å².